The Morgan fingerprint density at radius 1 is 1.18 bits per heavy atom. The molecule has 2 amide bonds. The van der Waals surface area contributed by atoms with Crippen molar-refractivity contribution in [2.45, 2.75) is 31.7 Å². The Kier molecular flexibility index (Phi) is 5.71. The number of benzene rings is 1. The second-order valence-electron chi connectivity index (χ2n) is 7.68. The normalized spacial score (nSPS) is 22.2. The number of rotatable bonds is 5. The van der Waals surface area contributed by atoms with Crippen LogP contribution in [-0.4, -0.2) is 59.1 Å². The number of carbonyl (C=O) groups excluding carboxylic acids is 2. The third-order valence-electron chi connectivity index (χ3n) is 5.68. The summed E-state index contributed by atoms with van der Waals surface area (Å²) in [5, 5.41) is 13.4. The Balaban J connectivity index is 1.37. The number of H-pyrrole nitrogens is 1. The molecule has 7 heteroatoms. The Bertz CT molecular complexity index is 813. The number of hydrogen-bond donors (Lipinski definition) is 3. The van der Waals surface area contributed by atoms with Gasteiger partial charge in [-0.1, -0.05) is 30.3 Å². The maximum Gasteiger partial charge on any atom is 0.257 e. The highest BCUT2D eigenvalue weighted by atomic mass is 16.2. The number of piperidine rings is 1. The van der Waals surface area contributed by atoms with Crippen molar-refractivity contribution >= 4 is 11.8 Å². The molecule has 2 unspecified atom stereocenters. The highest BCUT2D eigenvalue weighted by Gasteiger charge is 2.28. The predicted molar refractivity (Wildman–Crippen MR) is 107 cm³/mol. The summed E-state index contributed by atoms with van der Waals surface area (Å²) in [6, 6.07) is 9.73. The molecule has 148 valence electrons. The molecular formula is C21H27N5O2. The van der Waals surface area contributed by atoms with E-state index in [0.29, 0.717) is 18.7 Å². The van der Waals surface area contributed by atoms with Crippen LogP contribution in [0.3, 0.4) is 0 Å². The van der Waals surface area contributed by atoms with Gasteiger partial charge in [0.2, 0.25) is 5.91 Å². The van der Waals surface area contributed by atoms with Crippen molar-refractivity contribution in [2.24, 2.45) is 5.92 Å². The molecule has 0 aliphatic carbocycles. The van der Waals surface area contributed by atoms with E-state index in [4.69, 9.17) is 0 Å². The van der Waals surface area contributed by atoms with Gasteiger partial charge in [0.15, 0.2) is 0 Å². The molecular weight excluding hydrogens is 354 g/mol. The quantitative estimate of drug-likeness (QED) is 0.737. The minimum absolute atomic E-state index is 0.00101. The number of aromatic nitrogens is 2. The summed E-state index contributed by atoms with van der Waals surface area (Å²) in [7, 11) is 0. The molecule has 1 aromatic heterocycles. The molecule has 0 radical (unpaired) electrons. The summed E-state index contributed by atoms with van der Waals surface area (Å²) >= 11 is 0. The highest BCUT2D eigenvalue weighted by molar-refractivity contribution is 5.99. The van der Waals surface area contributed by atoms with Gasteiger partial charge < -0.3 is 15.5 Å². The van der Waals surface area contributed by atoms with Gasteiger partial charge in [-0.05, 0) is 38.1 Å². The van der Waals surface area contributed by atoms with Gasteiger partial charge in [0.25, 0.3) is 5.91 Å². The predicted octanol–water partition coefficient (Wildman–Crippen LogP) is 1.80. The maximum absolute atomic E-state index is 13.1. The van der Waals surface area contributed by atoms with Gasteiger partial charge in [-0.15, -0.1) is 0 Å². The minimum Gasteiger partial charge on any atom is -0.354 e. The molecule has 3 heterocycles. The van der Waals surface area contributed by atoms with Gasteiger partial charge in [0, 0.05) is 25.2 Å². The molecule has 2 aliphatic heterocycles. The first-order valence-corrected chi connectivity index (χ1v) is 10.1. The van der Waals surface area contributed by atoms with Crippen LogP contribution in [0, 0.1) is 5.92 Å². The van der Waals surface area contributed by atoms with E-state index in [1.807, 2.05) is 35.2 Å². The number of aromatic amines is 1. The van der Waals surface area contributed by atoms with Gasteiger partial charge in [-0.25, -0.2) is 0 Å². The van der Waals surface area contributed by atoms with Gasteiger partial charge >= 0.3 is 0 Å². The van der Waals surface area contributed by atoms with Crippen LogP contribution in [0.25, 0.3) is 11.3 Å². The summed E-state index contributed by atoms with van der Waals surface area (Å²) in [5.41, 5.74) is 2.31. The van der Waals surface area contributed by atoms with Crippen LogP contribution in [-0.2, 0) is 4.79 Å². The SMILES string of the molecule is O=C(NCC1CCCN(C(=O)c2cn[nH]c2-c2ccccc2)C1)C1CCCN1. The molecule has 2 aromatic rings. The standard InChI is InChI=1S/C21H27N5O2/c27-20(18-9-4-10-22-18)23-12-15-6-5-11-26(14-15)21(28)17-13-24-25-19(17)16-7-2-1-3-8-16/h1-3,7-8,13,15,18,22H,4-6,9-12,14H2,(H,23,27)(H,24,25). The molecule has 28 heavy (non-hydrogen) atoms. The van der Waals surface area contributed by atoms with Crippen LogP contribution < -0.4 is 10.6 Å². The molecule has 0 spiro atoms. The molecule has 2 aliphatic rings. The van der Waals surface area contributed by atoms with E-state index in [9.17, 15) is 9.59 Å². The first-order chi connectivity index (χ1) is 13.7. The van der Waals surface area contributed by atoms with Crippen molar-refractivity contribution < 1.29 is 9.59 Å². The van der Waals surface area contributed by atoms with Crippen LogP contribution in [0.1, 0.15) is 36.0 Å². The number of hydrogen-bond acceptors (Lipinski definition) is 4. The van der Waals surface area contributed by atoms with E-state index in [-0.39, 0.29) is 23.8 Å². The lowest BCUT2D eigenvalue weighted by Gasteiger charge is -2.33. The number of nitrogens with one attached hydrogen (secondary N) is 3. The molecule has 7 nitrogen and oxygen atoms in total. The summed E-state index contributed by atoms with van der Waals surface area (Å²) in [6.45, 7) is 2.94. The number of amides is 2. The Hall–Kier alpha value is -2.67. The lowest BCUT2D eigenvalue weighted by Crippen LogP contribution is -2.46. The third kappa shape index (κ3) is 4.09. The molecule has 2 atom stereocenters. The fraction of sp³-hybridized carbons (Fsp3) is 0.476. The van der Waals surface area contributed by atoms with E-state index in [0.717, 1.165) is 50.0 Å². The van der Waals surface area contributed by atoms with E-state index in [2.05, 4.69) is 20.8 Å². The molecule has 2 fully saturated rings. The van der Waals surface area contributed by atoms with Gasteiger partial charge in [-0.2, -0.15) is 5.10 Å². The number of nitrogens with zero attached hydrogens (tertiary/aromatic N) is 2. The van der Waals surface area contributed by atoms with E-state index < -0.39 is 0 Å². The van der Waals surface area contributed by atoms with E-state index in [1.54, 1.807) is 6.20 Å². The van der Waals surface area contributed by atoms with Gasteiger partial charge in [0.05, 0.1) is 23.5 Å². The van der Waals surface area contributed by atoms with Crippen molar-refractivity contribution in [3.63, 3.8) is 0 Å². The Morgan fingerprint density at radius 2 is 2.04 bits per heavy atom. The van der Waals surface area contributed by atoms with Gasteiger partial charge in [-0.3, -0.25) is 14.7 Å². The molecule has 3 N–H and O–H groups in total. The van der Waals surface area contributed by atoms with Crippen LogP contribution in [0.4, 0.5) is 0 Å². The summed E-state index contributed by atoms with van der Waals surface area (Å²) < 4.78 is 0. The summed E-state index contributed by atoms with van der Waals surface area (Å²) in [5.74, 6) is 0.373. The smallest absolute Gasteiger partial charge is 0.257 e. The zero-order valence-corrected chi connectivity index (χ0v) is 16.0. The molecule has 4 rings (SSSR count). The second-order valence-corrected chi connectivity index (χ2v) is 7.68. The highest BCUT2D eigenvalue weighted by Crippen LogP contribution is 2.24. The van der Waals surface area contributed by atoms with Crippen LogP contribution >= 0.6 is 0 Å². The lowest BCUT2D eigenvalue weighted by molar-refractivity contribution is -0.123. The van der Waals surface area contributed by atoms with Crippen LogP contribution in [0.5, 0.6) is 0 Å². The molecule has 2 saturated heterocycles. The van der Waals surface area contributed by atoms with Crippen LogP contribution in [0.15, 0.2) is 36.5 Å². The molecule has 0 bridgehead atoms. The fourth-order valence-electron chi connectivity index (χ4n) is 4.14. The average Bonchev–Trinajstić information content (AvgIpc) is 3.44. The van der Waals surface area contributed by atoms with E-state index in [1.165, 1.54) is 0 Å². The van der Waals surface area contributed by atoms with Crippen molar-refractivity contribution in [2.75, 3.05) is 26.2 Å². The monoisotopic (exact) mass is 381 g/mol. The average molecular weight is 381 g/mol. The summed E-state index contributed by atoms with van der Waals surface area (Å²) in [6.07, 6.45) is 5.55. The first kappa shape index (κ1) is 18.7. The largest absolute Gasteiger partial charge is 0.354 e. The summed E-state index contributed by atoms with van der Waals surface area (Å²) in [4.78, 5) is 27.2. The van der Waals surface area contributed by atoms with Crippen molar-refractivity contribution in [1.29, 1.82) is 0 Å². The zero-order valence-electron chi connectivity index (χ0n) is 16.0. The van der Waals surface area contributed by atoms with Crippen LogP contribution in [0.2, 0.25) is 0 Å². The number of carbonyl (C=O) groups is 2. The first-order valence-electron chi connectivity index (χ1n) is 10.1. The maximum atomic E-state index is 13.1. The molecule has 0 saturated carbocycles. The van der Waals surface area contributed by atoms with Crippen molar-refractivity contribution in [3.8, 4) is 11.3 Å². The Labute approximate surface area is 164 Å². The van der Waals surface area contributed by atoms with E-state index >= 15 is 0 Å². The Morgan fingerprint density at radius 3 is 2.82 bits per heavy atom. The fourth-order valence-corrected chi connectivity index (χ4v) is 4.14. The molecule has 1 aromatic carbocycles. The van der Waals surface area contributed by atoms with Gasteiger partial charge in [0.1, 0.15) is 0 Å². The number of likely N-dealkylation sites (tertiary alicyclic amines) is 1. The lowest BCUT2D eigenvalue weighted by atomic mass is 9.96. The zero-order chi connectivity index (χ0) is 19.3. The second kappa shape index (κ2) is 8.56. The van der Waals surface area contributed by atoms with Crippen molar-refractivity contribution in [1.82, 2.24) is 25.7 Å². The topological polar surface area (TPSA) is 90.1 Å². The minimum atomic E-state index is -0.0549. The van der Waals surface area contributed by atoms with Crippen molar-refractivity contribution in [3.05, 3.63) is 42.1 Å². The third-order valence-corrected chi connectivity index (χ3v) is 5.68.